The van der Waals surface area contributed by atoms with Crippen molar-refractivity contribution in [2.45, 2.75) is 26.0 Å². The summed E-state index contributed by atoms with van der Waals surface area (Å²) in [6.07, 6.45) is 11.3. The van der Waals surface area contributed by atoms with Gasteiger partial charge < -0.3 is 9.15 Å². The van der Waals surface area contributed by atoms with E-state index in [0.29, 0.717) is 12.5 Å². The standard InChI is InChI=1S/C24H23N3O2/c1-2-6-20(7-3-1)11-14-24-26-22(19-29-24)18-28-23-12-9-21(10-13-23)8-4-16-27-17-5-15-25-27/h1-3,5-7,9-15,17,19H,4,8,16,18H2. The fraction of sp³-hybridized carbons (Fsp3) is 0.167. The summed E-state index contributed by atoms with van der Waals surface area (Å²) in [6, 6.07) is 20.2. The lowest BCUT2D eigenvalue weighted by atomic mass is 10.1. The summed E-state index contributed by atoms with van der Waals surface area (Å²) in [5.41, 5.74) is 3.16. The lowest BCUT2D eigenvalue weighted by Crippen LogP contribution is -2.00. The van der Waals surface area contributed by atoms with Crippen LogP contribution in [0.1, 0.15) is 29.1 Å². The Morgan fingerprint density at radius 2 is 1.83 bits per heavy atom. The Morgan fingerprint density at radius 3 is 2.62 bits per heavy atom. The summed E-state index contributed by atoms with van der Waals surface area (Å²) in [4.78, 5) is 4.44. The zero-order valence-electron chi connectivity index (χ0n) is 16.1. The molecular weight excluding hydrogens is 362 g/mol. The van der Waals surface area contributed by atoms with Crippen LogP contribution in [0.2, 0.25) is 0 Å². The maximum absolute atomic E-state index is 5.83. The quantitative estimate of drug-likeness (QED) is 0.395. The molecule has 5 heteroatoms. The van der Waals surface area contributed by atoms with E-state index < -0.39 is 0 Å². The van der Waals surface area contributed by atoms with Gasteiger partial charge in [-0.1, -0.05) is 42.5 Å². The number of benzene rings is 2. The second-order valence-electron chi connectivity index (χ2n) is 6.73. The number of aryl methyl sites for hydroxylation is 2. The Balaban J connectivity index is 1.24. The third-order valence-corrected chi connectivity index (χ3v) is 4.51. The summed E-state index contributed by atoms with van der Waals surface area (Å²) >= 11 is 0. The van der Waals surface area contributed by atoms with E-state index in [0.717, 1.165) is 36.4 Å². The zero-order chi connectivity index (χ0) is 19.7. The van der Waals surface area contributed by atoms with Crippen LogP contribution < -0.4 is 4.74 Å². The molecule has 2 heterocycles. The molecule has 29 heavy (non-hydrogen) atoms. The first-order valence-electron chi connectivity index (χ1n) is 9.72. The van der Waals surface area contributed by atoms with Gasteiger partial charge in [-0.25, -0.2) is 4.98 Å². The number of oxazole rings is 1. The van der Waals surface area contributed by atoms with Crippen molar-refractivity contribution < 1.29 is 9.15 Å². The lowest BCUT2D eigenvalue weighted by Gasteiger charge is -2.06. The van der Waals surface area contributed by atoms with E-state index in [4.69, 9.17) is 9.15 Å². The molecule has 2 aromatic carbocycles. The van der Waals surface area contributed by atoms with Gasteiger partial charge in [-0.3, -0.25) is 4.68 Å². The number of hydrogen-bond donors (Lipinski definition) is 0. The molecule has 0 aliphatic rings. The number of ether oxygens (including phenoxy) is 1. The van der Waals surface area contributed by atoms with Crippen LogP contribution in [-0.2, 0) is 19.6 Å². The topological polar surface area (TPSA) is 53.1 Å². The number of hydrogen-bond acceptors (Lipinski definition) is 4. The minimum Gasteiger partial charge on any atom is -0.487 e. The molecule has 0 spiro atoms. The highest BCUT2D eigenvalue weighted by atomic mass is 16.5. The number of nitrogens with zero attached hydrogens (tertiary/aromatic N) is 3. The summed E-state index contributed by atoms with van der Waals surface area (Å²) in [5.74, 6) is 1.39. The van der Waals surface area contributed by atoms with Crippen LogP contribution in [0.4, 0.5) is 0 Å². The van der Waals surface area contributed by atoms with Crippen LogP contribution in [0.5, 0.6) is 5.75 Å². The van der Waals surface area contributed by atoms with Crippen LogP contribution in [0.15, 0.2) is 83.7 Å². The maximum atomic E-state index is 5.83. The average molecular weight is 385 g/mol. The highest BCUT2D eigenvalue weighted by Gasteiger charge is 2.03. The van der Waals surface area contributed by atoms with Crippen molar-refractivity contribution in [1.29, 1.82) is 0 Å². The summed E-state index contributed by atoms with van der Waals surface area (Å²) in [6.45, 7) is 1.31. The van der Waals surface area contributed by atoms with Gasteiger partial charge in [0.2, 0.25) is 5.89 Å². The van der Waals surface area contributed by atoms with E-state index >= 15 is 0 Å². The van der Waals surface area contributed by atoms with Crippen LogP contribution in [0.25, 0.3) is 12.2 Å². The highest BCUT2D eigenvalue weighted by Crippen LogP contribution is 2.16. The van der Waals surface area contributed by atoms with E-state index in [1.54, 1.807) is 6.26 Å². The predicted octanol–water partition coefficient (Wildman–Crippen LogP) is 5.25. The van der Waals surface area contributed by atoms with E-state index in [1.165, 1.54) is 5.56 Å². The monoisotopic (exact) mass is 385 g/mol. The van der Waals surface area contributed by atoms with Crippen LogP contribution in [-0.4, -0.2) is 14.8 Å². The van der Waals surface area contributed by atoms with Crippen molar-refractivity contribution in [3.8, 4) is 5.75 Å². The molecule has 0 fully saturated rings. The largest absolute Gasteiger partial charge is 0.487 e. The Labute approximate surface area is 170 Å². The predicted molar refractivity (Wildman–Crippen MR) is 113 cm³/mol. The van der Waals surface area contributed by atoms with Gasteiger partial charge >= 0.3 is 0 Å². The minimum absolute atomic E-state index is 0.376. The molecule has 2 aromatic heterocycles. The van der Waals surface area contributed by atoms with Gasteiger partial charge in [0, 0.05) is 25.0 Å². The third kappa shape index (κ3) is 5.69. The Hall–Kier alpha value is -3.60. The number of aromatic nitrogens is 3. The molecule has 0 amide bonds. The molecule has 0 N–H and O–H groups in total. The lowest BCUT2D eigenvalue weighted by molar-refractivity contribution is 0.301. The van der Waals surface area contributed by atoms with Gasteiger partial charge in [-0.15, -0.1) is 0 Å². The van der Waals surface area contributed by atoms with Gasteiger partial charge in [0.25, 0.3) is 0 Å². The molecule has 4 rings (SSSR count). The SMILES string of the molecule is C(=Cc1nc(COc2ccc(CCCn3cccn3)cc2)co1)c1ccccc1. The van der Waals surface area contributed by atoms with Crippen molar-refractivity contribution in [2.75, 3.05) is 0 Å². The molecule has 0 bridgehead atoms. The Bertz CT molecular complexity index is 1020. The summed E-state index contributed by atoms with van der Waals surface area (Å²) in [7, 11) is 0. The molecule has 146 valence electrons. The molecule has 0 unspecified atom stereocenters. The molecule has 0 aliphatic heterocycles. The normalized spacial score (nSPS) is 11.2. The molecule has 0 saturated heterocycles. The molecule has 0 radical (unpaired) electrons. The second-order valence-corrected chi connectivity index (χ2v) is 6.73. The van der Waals surface area contributed by atoms with Gasteiger partial charge in [0.1, 0.15) is 24.3 Å². The van der Waals surface area contributed by atoms with E-state index in [2.05, 4.69) is 22.2 Å². The van der Waals surface area contributed by atoms with Crippen molar-refractivity contribution in [3.63, 3.8) is 0 Å². The molecule has 0 aliphatic carbocycles. The summed E-state index contributed by atoms with van der Waals surface area (Å²) in [5, 5.41) is 4.22. The van der Waals surface area contributed by atoms with Crippen molar-refractivity contribution in [1.82, 2.24) is 14.8 Å². The Kier molecular flexibility index (Phi) is 6.18. The molecular formula is C24H23N3O2. The summed E-state index contributed by atoms with van der Waals surface area (Å²) < 4.78 is 13.3. The fourth-order valence-electron chi connectivity index (χ4n) is 2.98. The smallest absolute Gasteiger partial charge is 0.218 e. The van der Waals surface area contributed by atoms with Crippen LogP contribution in [0, 0.1) is 0 Å². The zero-order valence-corrected chi connectivity index (χ0v) is 16.1. The van der Waals surface area contributed by atoms with E-state index in [-0.39, 0.29) is 0 Å². The average Bonchev–Trinajstić information content (AvgIpc) is 3.45. The first kappa shape index (κ1) is 18.7. The molecule has 4 aromatic rings. The van der Waals surface area contributed by atoms with Crippen LogP contribution >= 0.6 is 0 Å². The third-order valence-electron chi connectivity index (χ3n) is 4.51. The second kappa shape index (κ2) is 9.55. The van der Waals surface area contributed by atoms with E-state index in [9.17, 15) is 0 Å². The van der Waals surface area contributed by atoms with Crippen molar-refractivity contribution in [3.05, 3.63) is 102 Å². The van der Waals surface area contributed by atoms with Gasteiger partial charge in [-0.05, 0) is 48.2 Å². The number of rotatable bonds is 9. The first-order chi connectivity index (χ1) is 14.3. The molecule has 5 nitrogen and oxygen atoms in total. The van der Waals surface area contributed by atoms with Gasteiger partial charge in [0.15, 0.2) is 0 Å². The first-order valence-corrected chi connectivity index (χ1v) is 9.72. The van der Waals surface area contributed by atoms with E-state index in [1.807, 2.05) is 77.8 Å². The molecule has 0 saturated carbocycles. The van der Waals surface area contributed by atoms with Crippen molar-refractivity contribution >= 4 is 12.2 Å². The molecule has 0 atom stereocenters. The highest BCUT2D eigenvalue weighted by molar-refractivity contribution is 5.65. The Morgan fingerprint density at radius 1 is 0.966 bits per heavy atom. The van der Waals surface area contributed by atoms with Crippen molar-refractivity contribution in [2.24, 2.45) is 0 Å². The fourth-order valence-corrected chi connectivity index (χ4v) is 2.98. The van der Waals surface area contributed by atoms with Gasteiger partial charge in [0.05, 0.1) is 0 Å². The van der Waals surface area contributed by atoms with Gasteiger partial charge in [-0.2, -0.15) is 5.10 Å². The minimum atomic E-state index is 0.376. The maximum Gasteiger partial charge on any atom is 0.218 e. The van der Waals surface area contributed by atoms with Crippen LogP contribution in [0.3, 0.4) is 0 Å².